The highest BCUT2D eigenvalue weighted by Gasteiger charge is 2.20. The monoisotopic (exact) mass is 348 g/mol. The van der Waals surface area contributed by atoms with Crippen LogP contribution in [-0.4, -0.2) is 5.78 Å². The van der Waals surface area contributed by atoms with E-state index in [9.17, 15) is 4.79 Å². The Morgan fingerprint density at radius 2 is 1.80 bits per heavy atom. The lowest BCUT2D eigenvalue weighted by atomic mass is 9.80. The Balaban J connectivity index is 1.88. The molecule has 102 valence electrons. The lowest BCUT2D eigenvalue weighted by Crippen LogP contribution is -2.09. The predicted molar refractivity (Wildman–Crippen MR) is 85.6 cm³/mol. The molecule has 1 aliphatic carbocycles. The second-order valence-corrected chi connectivity index (χ2v) is 6.49. The Hall–Kier alpha value is -1.12. The molecule has 0 N–H and O–H groups in total. The normalized spacial score (nSPS) is 14.9. The molecule has 3 heteroatoms. The van der Waals surface area contributed by atoms with E-state index in [1.54, 1.807) is 18.2 Å². The second kappa shape index (κ2) is 5.71. The Morgan fingerprint density at radius 3 is 2.40 bits per heavy atom. The Labute approximate surface area is 132 Å². The van der Waals surface area contributed by atoms with Crippen molar-refractivity contribution in [2.75, 3.05) is 0 Å². The van der Waals surface area contributed by atoms with Crippen molar-refractivity contribution in [3.8, 4) is 0 Å². The van der Waals surface area contributed by atoms with Crippen molar-refractivity contribution in [2.24, 2.45) is 0 Å². The van der Waals surface area contributed by atoms with Gasteiger partial charge in [-0.15, -0.1) is 0 Å². The molecule has 0 heterocycles. The van der Waals surface area contributed by atoms with Crippen LogP contribution in [0.4, 0.5) is 0 Å². The maximum Gasteiger partial charge on any atom is 0.194 e. The van der Waals surface area contributed by atoms with Crippen molar-refractivity contribution >= 4 is 33.3 Å². The van der Waals surface area contributed by atoms with Gasteiger partial charge in [0.15, 0.2) is 5.78 Å². The van der Waals surface area contributed by atoms with Gasteiger partial charge >= 0.3 is 0 Å². The van der Waals surface area contributed by atoms with Crippen molar-refractivity contribution in [2.45, 2.75) is 25.2 Å². The van der Waals surface area contributed by atoms with Crippen LogP contribution in [0.15, 0.2) is 46.9 Å². The van der Waals surface area contributed by atoms with Crippen molar-refractivity contribution in [3.63, 3.8) is 0 Å². The van der Waals surface area contributed by atoms with E-state index in [1.165, 1.54) is 24.8 Å². The van der Waals surface area contributed by atoms with Crippen LogP contribution >= 0.6 is 27.5 Å². The summed E-state index contributed by atoms with van der Waals surface area (Å²) >= 11 is 9.38. The number of benzene rings is 2. The zero-order valence-electron chi connectivity index (χ0n) is 10.9. The molecule has 0 spiro atoms. The molecular weight excluding hydrogens is 336 g/mol. The topological polar surface area (TPSA) is 17.1 Å². The maximum absolute atomic E-state index is 12.5. The second-order valence-electron chi connectivity index (χ2n) is 5.20. The lowest BCUT2D eigenvalue weighted by Gasteiger charge is -2.25. The summed E-state index contributed by atoms with van der Waals surface area (Å²) in [5.74, 6) is 0.691. The molecule has 3 rings (SSSR count). The lowest BCUT2D eigenvalue weighted by molar-refractivity contribution is 0.103. The van der Waals surface area contributed by atoms with Crippen LogP contribution in [0.1, 0.15) is 46.7 Å². The fourth-order valence-electron chi connectivity index (χ4n) is 2.48. The van der Waals surface area contributed by atoms with E-state index in [0.717, 1.165) is 4.47 Å². The highest BCUT2D eigenvalue weighted by molar-refractivity contribution is 9.10. The highest BCUT2D eigenvalue weighted by Crippen LogP contribution is 2.36. The average molecular weight is 350 g/mol. The minimum absolute atomic E-state index is 0.000431. The van der Waals surface area contributed by atoms with E-state index >= 15 is 0 Å². The van der Waals surface area contributed by atoms with Crippen molar-refractivity contribution in [3.05, 3.63) is 68.7 Å². The molecule has 0 atom stereocenters. The number of halogens is 2. The quantitative estimate of drug-likeness (QED) is 0.659. The molecule has 0 aliphatic heterocycles. The SMILES string of the molecule is O=C(c1ccc(C2CCC2)cc1)c1cc(Cl)ccc1Br. The molecule has 1 fully saturated rings. The summed E-state index contributed by atoms with van der Waals surface area (Å²) in [7, 11) is 0. The van der Waals surface area contributed by atoms with Crippen LogP contribution in [-0.2, 0) is 0 Å². The molecule has 1 saturated carbocycles. The number of ketones is 1. The largest absolute Gasteiger partial charge is 0.289 e. The molecular formula is C17H14BrClO. The highest BCUT2D eigenvalue weighted by atomic mass is 79.9. The molecule has 20 heavy (non-hydrogen) atoms. The zero-order chi connectivity index (χ0) is 14.1. The summed E-state index contributed by atoms with van der Waals surface area (Å²) in [5.41, 5.74) is 2.66. The first-order valence-corrected chi connectivity index (χ1v) is 7.92. The van der Waals surface area contributed by atoms with Gasteiger partial charge in [-0.1, -0.05) is 58.2 Å². The summed E-state index contributed by atoms with van der Waals surface area (Å²) < 4.78 is 0.773. The van der Waals surface area contributed by atoms with Gasteiger partial charge in [-0.2, -0.15) is 0 Å². The average Bonchev–Trinajstić information content (AvgIpc) is 2.40. The van der Waals surface area contributed by atoms with Gasteiger partial charge in [0, 0.05) is 20.6 Å². The van der Waals surface area contributed by atoms with Crippen molar-refractivity contribution in [1.29, 1.82) is 0 Å². The smallest absolute Gasteiger partial charge is 0.194 e. The summed E-state index contributed by atoms with van der Waals surface area (Å²) in [5, 5.41) is 0.572. The Morgan fingerprint density at radius 1 is 1.10 bits per heavy atom. The van der Waals surface area contributed by atoms with E-state index in [-0.39, 0.29) is 5.78 Å². The number of rotatable bonds is 3. The standard InChI is InChI=1S/C17H14BrClO/c18-16-9-8-14(19)10-15(16)17(20)13-6-4-12(5-7-13)11-2-1-3-11/h4-11H,1-3H2. The minimum Gasteiger partial charge on any atom is -0.289 e. The molecule has 0 bridgehead atoms. The van der Waals surface area contributed by atoms with Gasteiger partial charge in [0.2, 0.25) is 0 Å². The molecule has 0 aromatic heterocycles. The van der Waals surface area contributed by atoms with Crippen LogP contribution in [0.3, 0.4) is 0 Å². The number of hydrogen-bond acceptors (Lipinski definition) is 1. The molecule has 0 unspecified atom stereocenters. The number of hydrogen-bond donors (Lipinski definition) is 0. The van der Waals surface area contributed by atoms with Gasteiger partial charge in [-0.3, -0.25) is 4.79 Å². The van der Waals surface area contributed by atoms with E-state index in [4.69, 9.17) is 11.6 Å². The third kappa shape index (κ3) is 2.68. The first-order chi connectivity index (χ1) is 9.65. The molecule has 2 aromatic carbocycles. The van der Waals surface area contributed by atoms with E-state index in [1.807, 2.05) is 12.1 Å². The third-order valence-electron chi connectivity index (χ3n) is 3.92. The van der Waals surface area contributed by atoms with Crippen molar-refractivity contribution < 1.29 is 4.79 Å². The molecule has 1 aliphatic rings. The molecule has 0 amide bonds. The summed E-state index contributed by atoms with van der Waals surface area (Å²) in [6.45, 7) is 0. The van der Waals surface area contributed by atoms with Gasteiger partial charge in [0.1, 0.15) is 0 Å². The van der Waals surface area contributed by atoms with Gasteiger partial charge in [0.05, 0.1) is 0 Å². The number of carbonyl (C=O) groups is 1. The zero-order valence-corrected chi connectivity index (χ0v) is 13.2. The van der Waals surface area contributed by atoms with Gasteiger partial charge in [0.25, 0.3) is 0 Å². The van der Waals surface area contributed by atoms with Crippen LogP contribution in [0.2, 0.25) is 5.02 Å². The van der Waals surface area contributed by atoms with Gasteiger partial charge in [-0.05, 0) is 42.5 Å². The van der Waals surface area contributed by atoms with Gasteiger partial charge in [-0.25, -0.2) is 0 Å². The first kappa shape index (κ1) is 13.8. The van der Waals surface area contributed by atoms with E-state index < -0.39 is 0 Å². The number of carbonyl (C=O) groups excluding carboxylic acids is 1. The third-order valence-corrected chi connectivity index (χ3v) is 4.85. The van der Waals surface area contributed by atoms with Crippen LogP contribution in [0.5, 0.6) is 0 Å². The summed E-state index contributed by atoms with van der Waals surface area (Å²) in [6.07, 6.45) is 3.86. The summed E-state index contributed by atoms with van der Waals surface area (Å²) in [4.78, 5) is 12.5. The maximum atomic E-state index is 12.5. The van der Waals surface area contributed by atoms with Crippen LogP contribution in [0, 0.1) is 0 Å². The van der Waals surface area contributed by atoms with Crippen LogP contribution < -0.4 is 0 Å². The minimum atomic E-state index is -0.000431. The fourth-order valence-corrected chi connectivity index (χ4v) is 3.07. The van der Waals surface area contributed by atoms with Crippen LogP contribution in [0.25, 0.3) is 0 Å². The Bertz CT molecular complexity index is 645. The van der Waals surface area contributed by atoms with E-state index in [0.29, 0.717) is 22.1 Å². The Kier molecular flexibility index (Phi) is 3.95. The molecule has 1 nitrogen and oxygen atoms in total. The fraction of sp³-hybridized carbons (Fsp3) is 0.235. The summed E-state index contributed by atoms with van der Waals surface area (Å²) in [6, 6.07) is 13.3. The molecule has 0 radical (unpaired) electrons. The van der Waals surface area contributed by atoms with Crippen molar-refractivity contribution in [1.82, 2.24) is 0 Å². The first-order valence-electron chi connectivity index (χ1n) is 6.75. The molecule has 0 saturated heterocycles. The van der Waals surface area contributed by atoms with Gasteiger partial charge < -0.3 is 0 Å². The predicted octanol–water partition coefficient (Wildman–Crippen LogP) is 5.60. The molecule has 2 aromatic rings. The van der Waals surface area contributed by atoms with E-state index in [2.05, 4.69) is 28.1 Å².